The molecule has 2 aromatic carbocycles. The molecule has 134 valence electrons. The Bertz CT molecular complexity index is 848. The van der Waals surface area contributed by atoms with Gasteiger partial charge in [0.05, 0.1) is 19.1 Å². The quantitative estimate of drug-likeness (QED) is 0.792. The maximum Gasteiger partial charge on any atom is 0.241 e. The van der Waals surface area contributed by atoms with Crippen molar-refractivity contribution in [3.05, 3.63) is 53.1 Å². The molecule has 0 heterocycles. The summed E-state index contributed by atoms with van der Waals surface area (Å²) in [6.45, 7) is 0. The molecule has 0 saturated heterocycles. The third-order valence-corrected chi connectivity index (χ3v) is 5.96. The smallest absolute Gasteiger partial charge is 0.241 e. The third kappa shape index (κ3) is 4.08. The van der Waals surface area contributed by atoms with Crippen LogP contribution in [0.3, 0.4) is 0 Å². The molecule has 1 N–H and O–H groups in total. The maximum atomic E-state index is 12.8. The van der Waals surface area contributed by atoms with Crippen LogP contribution in [0.4, 0.5) is 0 Å². The SMILES string of the molecule is COc1ccc(S(=O)(=O)NC(c2ccc(Cl)cc2)C2CC2)cc1OC. The Morgan fingerprint density at radius 2 is 1.68 bits per heavy atom. The van der Waals surface area contributed by atoms with Gasteiger partial charge in [0.25, 0.3) is 0 Å². The van der Waals surface area contributed by atoms with E-state index in [2.05, 4.69) is 4.72 Å². The molecule has 25 heavy (non-hydrogen) atoms. The van der Waals surface area contributed by atoms with E-state index < -0.39 is 10.0 Å². The van der Waals surface area contributed by atoms with Crippen molar-refractivity contribution in [2.45, 2.75) is 23.8 Å². The molecule has 0 amide bonds. The number of nitrogens with one attached hydrogen (secondary N) is 1. The highest BCUT2D eigenvalue weighted by Crippen LogP contribution is 2.42. The number of benzene rings is 2. The van der Waals surface area contributed by atoms with E-state index in [0.717, 1.165) is 18.4 Å². The summed E-state index contributed by atoms with van der Waals surface area (Å²) in [6, 6.07) is 11.6. The van der Waals surface area contributed by atoms with Gasteiger partial charge in [0.1, 0.15) is 0 Å². The molecule has 7 heteroatoms. The highest BCUT2D eigenvalue weighted by molar-refractivity contribution is 7.89. The molecule has 1 fully saturated rings. The van der Waals surface area contributed by atoms with Crippen molar-refractivity contribution in [2.24, 2.45) is 5.92 Å². The zero-order valence-corrected chi connectivity index (χ0v) is 15.6. The van der Waals surface area contributed by atoms with Crippen LogP contribution in [0, 0.1) is 5.92 Å². The fourth-order valence-electron chi connectivity index (χ4n) is 2.76. The van der Waals surface area contributed by atoms with Crippen molar-refractivity contribution < 1.29 is 17.9 Å². The number of ether oxygens (including phenoxy) is 2. The Kier molecular flexibility index (Phi) is 5.22. The van der Waals surface area contributed by atoms with Gasteiger partial charge in [-0.15, -0.1) is 0 Å². The summed E-state index contributed by atoms with van der Waals surface area (Å²) >= 11 is 5.94. The molecule has 0 aliphatic heterocycles. The predicted octanol–water partition coefficient (Wildman–Crippen LogP) is 3.79. The summed E-state index contributed by atoms with van der Waals surface area (Å²) in [5.74, 6) is 1.16. The highest BCUT2D eigenvalue weighted by atomic mass is 35.5. The van der Waals surface area contributed by atoms with E-state index in [1.165, 1.54) is 26.4 Å². The molecule has 1 aliphatic carbocycles. The van der Waals surface area contributed by atoms with E-state index >= 15 is 0 Å². The summed E-state index contributed by atoms with van der Waals surface area (Å²) in [7, 11) is -0.716. The molecule has 1 atom stereocenters. The van der Waals surface area contributed by atoms with E-state index in [-0.39, 0.29) is 10.9 Å². The number of sulfonamides is 1. The molecule has 5 nitrogen and oxygen atoms in total. The average Bonchev–Trinajstić information content (AvgIpc) is 3.45. The summed E-state index contributed by atoms with van der Waals surface area (Å²) < 4.78 is 38.9. The van der Waals surface area contributed by atoms with E-state index in [9.17, 15) is 8.42 Å². The predicted molar refractivity (Wildman–Crippen MR) is 96.8 cm³/mol. The normalized spacial score (nSPS) is 15.6. The summed E-state index contributed by atoms with van der Waals surface area (Å²) in [4.78, 5) is 0.143. The molecule has 2 aromatic rings. The molecule has 0 spiro atoms. The first-order valence-electron chi connectivity index (χ1n) is 7.94. The largest absolute Gasteiger partial charge is 0.493 e. The van der Waals surface area contributed by atoms with Crippen LogP contribution in [-0.2, 0) is 10.0 Å². The second-order valence-corrected chi connectivity index (χ2v) is 8.16. The van der Waals surface area contributed by atoms with E-state index in [0.29, 0.717) is 22.4 Å². The first-order valence-corrected chi connectivity index (χ1v) is 9.80. The minimum atomic E-state index is -3.70. The van der Waals surface area contributed by atoms with Gasteiger partial charge in [-0.25, -0.2) is 13.1 Å². The van der Waals surface area contributed by atoms with E-state index in [4.69, 9.17) is 21.1 Å². The fourth-order valence-corrected chi connectivity index (χ4v) is 4.19. The molecule has 1 aliphatic rings. The second-order valence-electron chi connectivity index (χ2n) is 6.00. The Balaban J connectivity index is 1.89. The number of hydrogen-bond acceptors (Lipinski definition) is 4. The lowest BCUT2D eigenvalue weighted by Crippen LogP contribution is -2.30. The Morgan fingerprint density at radius 1 is 1.04 bits per heavy atom. The Morgan fingerprint density at radius 3 is 2.24 bits per heavy atom. The van der Waals surface area contributed by atoms with Crippen LogP contribution < -0.4 is 14.2 Å². The summed E-state index contributed by atoms with van der Waals surface area (Å²) in [5, 5.41) is 0.626. The summed E-state index contributed by atoms with van der Waals surface area (Å²) in [5.41, 5.74) is 0.913. The monoisotopic (exact) mass is 381 g/mol. The highest BCUT2D eigenvalue weighted by Gasteiger charge is 2.35. The number of rotatable bonds is 7. The van der Waals surface area contributed by atoms with Gasteiger partial charge in [0.15, 0.2) is 11.5 Å². The minimum absolute atomic E-state index is 0.143. The third-order valence-electron chi connectivity index (χ3n) is 4.27. The Hall–Kier alpha value is -1.76. The van der Waals surface area contributed by atoms with Crippen molar-refractivity contribution in [3.63, 3.8) is 0 Å². The number of methoxy groups -OCH3 is 2. The fraction of sp³-hybridized carbons (Fsp3) is 0.333. The first kappa shape index (κ1) is 18.0. The van der Waals surface area contributed by atoms with Gasteiger partial charge < -0.3 is 9.47 Å². The van der Waals surface area contributed by atoms with Crippen molar-refractivity contribution in [2.75, 3.05) is 14.2 Å². The van der Waals surface area contributed by atoms with Crippen LogP contribution in [0.15, 0.2) is 47.4 Å². The van der Waals surface area contributed by atoms with Crippen molar-refractivity contribution in [3.8, 4) is 11.5 Å². The lowest BCUT2D eigenvalue weighted by atomic mass is 10.0. The lowest BCUT2D eigenvalue weighted by molar-refractivity contribution is 0.354. The molecule has 0 radical (unpaired) electrons. The first-order chi connectivity index (χ1) is 11.9. The van der Waals surface area contributed by atoms with Gasteiger partial charge in [-0.1, -0.05) is 23.7 Å². The molecular weight excluding hydrogens is 362 g/mol. The topological polar surface area (TPSA) is 64.6 Å². The Labute approximate surface area is 153 Å². The van der Waals surface area contributed by atoms with Crippen LogP contribution in [0.25, 0.3) is 0 Å². The van der Waals surface area contributed by atoms with Gasteiger partial charge in [-0.2, -0.15) is 0 Å². The van der Waals surface area contributed by atoms with Crippen molar-refractivity contribution in [1.29, 1.82) is 0 Å². The molecule has 1 saturated carbocycles. The van der Waals surface area contributed by atoms with Gasteiger partial charge in [0.2, 0.25) is 10.0 Å². The van der Waals surface area contributed by atoms with Crippen LogP contribution in [0.1, 0.15) is 24.4 Å². The van der Waals surface area contributed by atoms with Crippen LogP contribution >= 0.6 is 11.6 Å². The zero-order chi connectivity index (χ0) is 18.0. The molecular formula is C18H20ClNO4S. The van der Waals surface area contributed by atoms with Crippen LogP contribution in [0.2, 0.25) is 5.02 Å². The summed E-state index contributed by atoms with van der Waals surface area (Å²) in [6.07, 6.45) is 2.00. The lowest BCUT2D eigenvalue weighted by Gasteiger charge is -2.19. The molecule has 0 aromatic heterocycles. The second kappa shape index (κ2) is 7.23. The maximum absolute atomic E-state index is 12.8. The molecule has 1 unspecified atom stereocenters. The minimum Gasteiger partial charge on any atom is -0.493 e. The van der Waals surface area contributed by atoms with Gasteiger partial charge >= 0.3 is 0 Å². The van der Waals surface area contributed by atoms with Crippen LogP contribution in [0.5, 0.6) is 11.5 Å². The van der Waals surface area contributed by atoms with E-state index in [1.54, 1.807) is 18.2 Å². The van der Waals surface area contributed by atoms with E-state index in [1.807, 2.05) is 12.1 Å². The standard InChI is InChI=1S/C18H20ClNO4S/c1-23-16-10-9-15(11-17(16)24-2)25(21,22)20-18(12-3-4-12)13-5-7-14(19)8-6-13/h5-12,18,20H,3-4H2,1-2H3. The van der Waals surface area contributed by atoms with Gasteiger partial charge in [-0.3, -0.25) is 0 Å². The molecule has 0 bridgehead atoms. The van der Waals surface area contributed by atoms with Gasteiger partial charge in [-0.05, 0) is 48.6 Å². The van der Waals surface area contributed by atoms with Crippen molar-refractivity contribution >= 4 is 21.6 Å². The number of halogens is 1. The average molecular weight is 382 g/mol. The zero-order valence-electron chi connectivity index (χ0n) is 14.0. The van der Waals surface area contributed by atoms with Crippen LogP contribution in [-0.4, -0.2) is 22.6 Å². The number of hydrogen-bond donors (Lipinski definition) is 1. The molecule has 3 rings (SSSR count). The van der Waals surface area contributed by atoms with Gasteiger partial charge in [0, 0.05) is 17.1 Å². The van der Waals surface area contributed by atoms with Crippen molar-refractivity contribution in [1.82, 2.24) is 4.72 Å².